The molecule has 1 fully saturated rings. The molecule has 7 heteroatoms. The molecule has 0 spiro atoms. The van der Waals surface area contributed by atoms with Gasteiger partial charge in [0.05, 0.1) is 6.54 Å². The molecular weight excluding hydrogens is 274 g/mol. The lowest BCUT2D eigenvalue weighted by Gasteiger charge is -2.18. The number of carbonyl (C=O) groups is 2. The minimum Gasteiger partial charge on any atom is -0.443 e. The van der Waals surface area contributed by atoms with Crippen molar-refractivity contribution in [1.29, 1.82) is 0 Å². The molecule has 1 saturated heterocycles. The van der Waals surface area contributed by atoms with E-state index in [0.29, 0.717) is 26.1 Å². The fourth-order valence-corrected chi connectivity index (χ4v) is 2.76. The number of nitrogens with zero attached hydrogens (tertiary/aromatic N) is 2. The number of carbonyl (C=O) groups excluding carboxylic acids is 2. The van der Waals surface area contributed by atoms with E-state index in [4.69, 9.17) is 15.6 Å². The van der Waals surface area contributed by atoms with Gasteiger partial charge in [-0.1, -0.05) is 0 Å². The van der Waals surface area contributed by atoms with Gasteiger partial charge in [-0.2, -0.15) is 0 Å². The first-order chi connectivity index (χ1) is 10.1. The Morgan fingerprint density at radius 2 is 2.29 bits per heavy atom. The minimum atomic E-state index is -0.502. The molecule has 0 bridgehead atoms. The van der Waals surface area contributed by atoms with E-state index in [1.807, 2.05) is 6.07 Å². The van der Waals surface area contributed by atoms with Gasteiger partial charge in [-0.15, -0.1) is 0 Å². The van der Waals surface area contributed by atoms with E-state index in [1.165, 1.54) is 0 Å². The average Bonchev–Trinajstić information content (AvgIpc) is 3.09. The third kappa shape index (κ3) is 2.34. The van der Waals surface area contributed by atoms with Crippen molar-refractivity contribution >= 4 is 23.4 Å². The molecule has 0 aliphatic carbocycles. The zero-order chi connectivity index (χ0) is 15.0. The summed E-state index contributed by atoms with van der Waals surface area (Å²) in [6.07, 6.45) is 0.0305. The van der Waals surface area contributed by atoms with E-state index in [1.54, 1.807) is 21.9 Å². The number of amides is 2. The number of benzene rings is 1. The van der Waals surface area contributed by atoms with Crippen molar-refractivity contribution in [1.82, 2.24) is 0 Å². The van der Waals surface area contributed by atoms with Gasteiger partial charge in [0.1, 0.15) is 12.7 Å². The molecule has 0 unspecified atom stereocenters. The molecule has 2 amide bonds. The summed E-state index contributed by atoms with van der Waals surface area (Å²) in [4.78, 5) is 26.6. The van der Waals surface area contributed by atoms with Gasteiger partial charge in [0.2, 0.25) is 0 Å². The highest BCUT2D eigenvalue weighted by Crippen LogP contribution is 2.33. The number of hydrogen-bond acceptors (Lipinski definition) is 5. The number of ether oxygens (including phenoxy) is 1. The summed E-state index contributed by atoms with van der Waals surface area (Å²) < 4.78 is 5.14. The second-order valence-electron chi connectivity index (χ2n) is 5.12. The Kier molecular flexibility index (Phi) is 3.52. The zero-order valence-electron chi connectivity index (χ0n) is 11.5. The number of rotatable bonds is 3. The molecule has 1 atom stereocenters. The van der Waals surface area contributed by atoms with Gasteiger partial charge < -0.3 is 20.5 Å². The summed E-state index contributed by atoms with van der Waals surface area (Å²) in [7, 11) is 0. The van der Waals surface area contributed by atoms with Gasteiger partial charge in [-0.3, -0.25) is 9.69 Å². The van der Waals surface area contributed by atoms with Gasteiger partial charge >= 0.3 is 6.09 Å². The van der Waals surface area contributed by atoms with Crippen LogP contribution in [0.25, 0.3) is 0 Å². The smallest absolute Gasteiger partial charge is 0.414 e. The molecule has 7 nitrogen and oxygen atoms in total. The molecule has 3 N–H and O–H groups in total. The maximum Gasteiger partial charge on any atom is 0.414 e. The van der Waals surface area contributed by atoms with Crippen LogP contribution in [0.5, 0.6) is 0 Å². The van der Waals surface area contributed by atoms with Gasteiger partial charge in [0.15, 0.2) is 0 Å². The van der Waals surface area contributed by atoms with Crippen molar-refractivity contribution in [3.05, 3.63) is 23.8 Å². The topological polar surface area (TPSA) is 96.1 Å². The summed E-state index contributed by atoms with van der Waals surface area (Å²) in [5.41, 5.74) is 8.04. The molecule has 0 aromatic heterocycles. The van der Waals surface area contributed by atoms with E-state index >= 15 is 0 Å². The van der Waals surface area contributed by atoms with Crippen LogP contribution in [0.2, 0.25) is 0 Å². The fraction of sp³-hybridized carbons (Fsp3) is 0.429. The first-order valence-electron chi connectivity index (χ1n) is 6.86. The highest BCUT2D eigenvalue weighted by Gasteiger charge is 2.32. The second kappa shape index (κ2) is 5.34. The molecule has 112 valence electrons. The van der Waals surface area contributed by atoms with E-state index < -0.39 is 12.7 Å². The lowest BCUT2D eigenvalue weighted by Crippen LogP contribution is -2.31. The summed E-state index contributed by atoms with van der Waals surface area (Å²) in [5, 5.41) is 8.97. The van der Waals surface area contributed by atoms with Crippen molar-refractivity contribution in [2.75, 3.05) is 36.0 Å². The normalized spacial score (nSPS) is 20.7. The largest absolute Gasteiger partial charge is 0.443 e. The Labute approximate surface area is 121 Å². The molecule has 1 aromatic rings. The van der Waals surface area contributed by atoms with E-state index in [2.05, 4.69) is 0 Å². The van der Waals surface area contributed by atoms with Crippen LogP contribution in [-0.2, 0) is 16.0 Å². The van der Waals surface area contributed by atoms with Crippen molar-refractivity contribution < 1.29 is 19.4 Å². The van der Waals surface area contributed by atoms with Gasteiger partial charge in [-0.05, 0) is 30.2 Å². The Morgan fingerprint density at radius 3 is 2.95 bits per heavy atom. The average molecular weight is 291 g/mol. The Morgan fingerprint density at radius 1 is 1.48 bits per heavy atom. The lowest BCUT2D eigenvalue weighted by molar-refractivity contribution is -0.121. The van der Waals surface area contributed by atoms with Crippen LogP contribution in [0.1, 0.15) is 5.56 Å². The Balaban J connectivity index is 1.85. The minimum absolute atomic E-state index is 0.279. The highest BCUT2D eigenvalue weighted by molar-refractivity contribution is 5.97. The van der Waals surface area contributed by atoms with E-state index in [0.717, 1.165) is 16.9 Å². The maximum absolute atomic E-state index is 11.8. The third-order valence-electron chi connectivity index (χ3n) is 3.84. The second-order valence-corrected chi connectivity index (χ2v) is 5.12. The van der Waals surface area contributed by atoms with Gasteiger partial charge in [0.25, 0.3) is 5.91 Å². The summed E-state index contributed by atoms with van der Waals surface area (Å²) in [5.74, 6) is -0.315. The Bertz CT molecular complexity index is 590. The highest BCUT2D eigenvalue weighted by atomic mass is 16.6. The Hall–Kier alpha value is -2.12. The molecule has 2 aliphatic heterocycles. The van der Waals surface area contributed by atoms with Crippen molar-refractivity contribution in [3.8, 4) is 0 Å². The van der Waals surface area contributed by atoms with Crippen LogP contribution in [0.3, 0.4) is 0 Å². The number of hydrogen-bond donors (Lipinski definition) is 2. The molecule has 2 aliphatic rings. The lowest BCUT2D eigenvalue weighted by atomic mass is 10.1. The molecule has 0 saturated carbocycles. The molecule has 1 aromatic carbocycles. The fourth-order valence-electron chi connectivity index (χ4n) is 2.76. The summed E-state index contributed by atoms with van der Waals surface area (Å²) in [6, 6.07) is 5.47. The maximum atomic E-state index is 11.8. The van der Waals surface area contributed by atoms with E-state index in [-0.39, 0.29) is 12.0 Å². The van der Waals surface area contributed by atoms with Crippen LogP contribution in [0.15, 0.2) is 18.2 Å². The quantitative estimate of drug-likeness (QED) is 0.807. The monoisotopic (exact) mass is 291 g/mol. The molecule has 21 heavy (non-hydrogen) atoms. The summed E-state index contributed by atoms with van der Waals surface area (Å²) in [6.45, 7) is 0.783. The number of fused-ring (bicyclic) bond motifs is 1. The van der Waals surface area contributed by atoms with Gasteiger partial charge in [-0.25, -0.2) is 4.79 Å². The SMILES string of the molecule is NC[C@H]1CN(c2ccc3c(c2)CCN3C(=O)CO)C(=O)O1. The molecule has 3 rings (SSSR count). The zero-order valence-corrected chi connectivity index (χ0v) is 11.5. The number of aliphatic hydroxyl groups excluding tert-OH is 1. The first-order valence-corrected chi connectivity index (χ1v) is 6.86. The van der Waals surface area contributed by atoms with Crippen LogP contribution in [0, 0.1) is 0 Å². The van der Waals surface area contributed by atoms with E-state index in [9.17, 15) is 9.59 Å². The molecular formula is C14H17N3O4. The van der Waals surface area contributed by atoms with Crippen molar-refractivity contribution in [2.45, 2.75) is 12.5 Å². The number of cyclic esters (lactones) is 1. The van der Waals surface area contributed by atoms with Crippen LogP contribution < -0.4 is 15.5 Å². The predicted octanol–water partition coefficient (Wildman–Crippen LogP) is -0.148. The summed E-state index contributed by atoms with van der Waals surface area (Å²) >= 11 is 0. The van der Waals surface area contributed by atoms with Crippen molar-refractivity contribution in [2.24, 2.45) is 5.73 Å². The van der Waals surface area contributed by atoms with Crippen molar-refractivity contribution in [3.63, 3.8) is 0 Å². The molecule has 2 heterocycles. The number of nitrogens with two attached hydrogens (primary N) is 1. The van der Waals surface area contributed by atoms with Crippen LogP contribution in [-0.4, -0.2) is 49.5 Å². The number of anilines is 2. The van der Waals surface area contributed by atoms with Crippen LogP contribution >= 0.6 is 0 Å². The third-order valence-corrected chi connectivity index (χ3v) is 3.84. The van der Waals surface area contributed by atoms with Gasteiger partial charge in [0, 0.05) is 24.5 Å². The first kappa shape index (κ1) is 13.8. The number of aliphatic hydroxyl groups is 1. The standard InChI is InChI=1S/C14H17N3O4/c15-6-11-7-17(14(20)21-11)10-1-2-12-9(5-10)3-4-16(12)13(19)8-18/h1-2,5,11,18H,3-4,6-8,15H2/t11-/m0/s1. The van der Waals surface area contributed by atoms with Crippen LogP contribution in [0.4, 0.5) is 16.2 Å². The molecule has 0 radical (unpaired) electrons. The predicted molar refractivity (Wildman–Crippen MR) is 76.3 cm³/mol.